The van der Waals surface area contributed by atoms with Crippen LogP contribution in [0.1, 0.15) is 62.2 Å². The van der Waals surface area contributed by atoms with Crippen LogP contribution in [-0.2, 0) is 9.53 Å². The lowest BCUT2D eigenvalue weighted by atomic mass is 10.1. The van der Waals surface area contributed by atoms with Crippen molar-refractivity contribution in [3.63, 3.8) is 0 Å². The maximum atomic E-state index is 11.4. The lowest BCUT2D eigenvalue weighted by molar-refractivity contribution is -0.146. The van der Waals surface area contributed by atoms with Gasteiger partial charge in [-0.15, -0.1) is 0 Å². The van der Waals surface area contributed by atoms with Gasteiger partial charge in [0.2, 0.25) is 0 Å². The van der Waals surface area contributed by atoms with E-state index in [-0.39, 0.29) is 12.6 Å². The van der Waals surface area contributed by atoms with Gasteiger partial charge in [-0.25, -0.2) is 0 Å². The summed E-state index contributed by atoms with van der Waals surface area (Å²) in [7, 11) is 0. The zero-order valence-electron chi connectivity index (χ0n) is 14.4. The van der Waals surface area contributed by atoms with Crippen LogP contribution in [-0.4, -0.2) is 36.7 Å². The van der Waals surface area contributed by atoms with Gasteiger partial charge >= 0.3 is 5.97 Å². The highest BCUT2D eigenvalue weighted by atomic mass is 16.5. The summed E-state index contributed by atoms with van der Waals surface area (Å²) in [4.78, 5) is 22.1. The van der Waals surface area contributed by atoms with Gasteiger partial charge in [-0.05, 0) is 37.8 Å². The van der Waals surface area contributed by atoms with Gasteiger partial charge in [0.05, 0.1) is 12.7 Å². The van der Waals surface area contributed by atoms with Crippen LogP contribution in [0, 0.1) is 0 Å². The molecule has 0 saturated carbocycles. The summed E-state index contributed by atoms with van der Waals surface area (Å²) in [6, 6.07) is 7.00. The minimum absolute atomic E-state index is 0.0627. The molecular weight excluding hydrogens is 308 g/mol. The Morgan fingerprint density at radius 3 is 2.83 bits per heavy atom. The van der Waals surface area contributed by atoms with E-state index >= 15 is 0 Å². The second-order valence-corrected chi connectivity index (χ2v) is 5.83. The maximum absolute atomic E-state index is 11.4. The van der Waals surface area contributed by atoms with Gasteiger partial charge in [-0.3, -0.25) is 9.59 Å². The van der Waals surface area contributed by atoms with Gasteiger partial charge in [0.25, 0.3) is 0 Å². The van der Waals surface area contributed by atoms with Gasteiger partial charge in [0, 0.05) is 12.0 Å². The van der Waals surface area contributed by atoms with Crippen molar-refractivity contribution in [2.24, 2.45) is 0 Å². The van der Waals surface area contributed by atoms with Crippen molar-refractivity contribution in [2.45, 2.75) is 58.0 Å². The van der Waals surface area contributed by atoms with Crippen LogP contribution in [0.3, 0.4) is 0 Å². The smallest absolute Gasteiger partial charge is 0.305 e. The van der Waals surface area contributed by atoms with Crippen LogP contribution in [0.2, 0.25) is 0 Å². The van der Waals surface area contributed by atoms with Crippen molar-refractivity contribution in [3.05, 3.63) is 29.8 Å². The number of aliphatic hydroxyl groups excluding tert-OH is 1. The number of hydrogen-bond acceptors (Lipinski definition) is 5. The summed E-state index contributed by atoms with van der Waals surface area (Å²) in [6.45, 7) is 2.66. The number of carbonyl (C=O) groups excluding carboxylic acids is 2. The zero-order valence-corrected chi connectivity index (χ0v) is 14.4. The Kier molecular flexibility index (Phi) is 10.5. The molecule has 0 aliphatic heterocycles. The van der Waals surface area contributed by atoms with E-state index in [2.05, 4.69) is 6.92 Å². The van der Waals surface area contributed by atoms with Gasteiger partial charge in [-0.1, -0.05) is 31.9 Å². The predicted octanol–water partition coefficient (Wildman–Crippen LogP) is 3.53. The zero-order chi connectivity index (χ0) is 17.6. The fourth-order valence-corrected chi connectivity index (χ4v) is 2.21. The molecule has 0 bridgehead atoms. The second kappa shape index (κ2) is 12.5. The van der Waals surface area contributed by atoms with E-state index in [9.17, 15) is 14.7 Å². The quantitative estimate of drug-likeness (QED) is 0.339. The molecule has 1 aromatic rings. The highest BCUT2D eigenvalue weighted by Crippen LogP contribution is 2.13. The van der Waals surface area contributed by atoms with Gasteiger partial charge < -0.3 is 14.6 Å². The highest BCUT2D eigenvalue weighted by Gasteiger charge is 2.08. The van der Waals surface area contributed by atoms with E-state index in [0.29, 0.717) is 30.8 Å². The Bertz CT molecular complexity index is 486. The first kappa shape index (κ1) is 20.2. The second-order valence-electron chi connectivity index (χ2n) is 5.83. The number of ether oxygens (including phenoxy) is 2. The molecule has 0 heterocycles. The van der Waals surface area contributed by atoms with Crippen LogP contribution in [0.15, 0.2) is 24.3 Å². The molecule has 0 radical (unpaired) electrons. The largest absolute Gasteiger partial charge is 0.494 e. The van der Waals surface area contributed by atoms with E-state index in [4.69, 9.17) is 9.47 Å². The number of aldehydes is 1. The molecule has 24 heavy (non-hydrogen) atoms. The summed E-state index contributed by atoms with van der Waals surface area (Å²) >= 11 is 0. The van der Waals surface area contributed by atoms with Crippen molar-refractivity contribution in [1.29, 1.82) is 0 Å². The fourth-order valence-electron chi connectivity index (χ4n) is 2.21. The Morgan fingerprint density at radius 1 is 1.25 bits per heavy atom. The molecule has 1 rings (SSSR count). The van der Waals surface area contributed by atoms with Crippen molar-refractivity contribution in [3.8, 4) is 5.75 Å². The summed E-state index contributed by atoms with van der Waals surface area (Å²) < 4.78 is 10.6. The Labute approximate surface area is 144 Å². The number of esters is 1. The summed E-state index contributed by atoms with van der Waals surface area (Å²) in [6.07, 6.45) is 5.65. The third kappa shape index (κ3) is 9.30. The lowest BCUT2D eigenvalue weighted by Gasteiger charge is -2.11. The number of hydrogen-bond donors (Lipinski definition) is 1. The summed E-state index contributed by atoms with van der Waals surface area (Å²) in [5.74, 6) is 0.432. The predicted molar refractivity (Wildman–Crippen MR) is 92.3 cm³/mol. The standard InChI is InChI=1S/C19H28O5/c1-2-3-4-11-19(22)24-15-17(21)9-5-6-12-23-18-10-7-8-16(13-18)14-20/h7-8,10,13-14,17,21H,2-6,9,11-12,15H2,1H3/t17-/m1/s1. The van der Waals surface area contributed by atoms with Crippen molar-refractivity contribution < 1.29 is 24.2 Å². The first-order chi connectivity index (χ1) is 11.7. The molecule has 5 heteroatoms. The van der Waals surface area contributed by atoms with Crippen LogP contribution in [0.4, 0.5) is 0 Å². The average molecular weight is 336 g/mol. The number of rotatable bonds is 13. The molecule has 0 spiro atoms. The van der Waals surface area contributed by atoms with Crippen LogP contribution < -0.4 is 4.74 Å². The Morgan fingerprint density at radius 2 is 2.08 bits per heavy atom. The molecule has 0 aliphatic carbocycles. The van der Waals surface area contributed by atoms with Crippen molar-refractivity contribution >= 4 is 12.3 Å². The summed E-state index contributed by atoms with van der Waals surface area (Å²) in [5, 5.41) is 9.80. The lowest BCUT2D eigenvalue weighted by Crippen LogP contribution is -2.18. The molecule has 1 atom stereocenters. The topological polar surface area (TPSA) is 72.8 Å². The Balaban J connectivity index is 2.05. The van der Waals surface area contributed by atoms with Crippen molar-refractivity contribution in [2.75, 3.05) is 13.2 Å². The molecule has 1 aromatic carbocycles. The number of carbonyl (C=O) groups is 2. The van der Waals surface area contributed by atoms with Crippen LogP contribution in [0.25, 0.3) is 0 Å². The molecule has 0 aliphatic rings. The molecular formula is C19H28O5. The molecule has 5 nitrogen and oxygen atoms in total. The summed E-state index contributed by atoms with van der Waals surface area (Å²) in [5.41, 5.74) is 0.587. The van der Waals surface area contributed by atoms with Crippen LogP contribution >= 0.6 is 0 Å². The SMILES string of the molecule is CCCCCC(=O)OC[C@H](O)CCCCOc1cccc(C=O)c1. The molecule has 0 saturated heterocycles. The van der Waals surface area contributed by atoms with E-state index in [1.807, 2.05) is 0 Å². The monoisotopic (exact) mass is 336 g/mol. The third-order valence-electron chi connectivity index (χ3n) is 3.62. The third-order valence-corrected chi connectivity index (χ3v) is 3.62. The highest BCUT2D eigenvalue weighted by molar-refractivity contribution is 5.75. The average Bonchev–Trinajstić information content (AvgIpc) is 2.60. The molecule has 134 valence electrons. The van der Waals surface area contributed by atoms with E-state index in [1.54, 1.807) is 24.3 Å². The number of aliphatic hydroxyl groups is 1. The normalized spacial score (nSPS) is 11.8. The molecule has 0 fully saturated rings. The molecule has 0 aromatic heterocycles. The van der Waals surface area contributed by atoms with Gasteiger partial charge in [0.1, 0.15) is 18.6 Å². The van der Waals surface area contributed by atoms with Crippen LogP contribution in [0.5, 0.6) is 5.75 Å². The first-order valence-corrected chi connectivity index (χ1v) is 8.67. The number of unbranched alkanes of at least 4 members (excludes halogenated alkanes) is 3. The Hall–Kier alpha value is -1.88. The fraction of sp³-hybridized carbons (Fsp3) is 0.579. The van der Waals surface area contributed by atoms with E-state index < -0.39 is 6.10 Å². The van der Waals surface area contributed by atoms with E-state index in [1.165, 1.54) is 0 Å². The first-order valence-electron chi connectivity index (χ1n) is 8.67. The molecule has 0 amide bonds. The van der Waals surface area contributed by atoms with E-state index in [0.717, 1.165) is 38.4 Å². The minimum Gasteiger partial charge on any atom is -0.494 e. The molecule has 0 unspecified atom stereocenters. The van der Waals surface area contributed by atoms with Gasteiger partial charge in [-0.2, -0.15) is 0 Å². The van der Waals surface area contributed by atoms with Crippen molar-refractivity contribution in [1.82, 2.24) is 0 Å². The van der Waals surface area contributed by atoms with Gasteiger partial charge in [0.15, 0.2) is 0 Å². The minimum atomic E-state index is -0.626. The molecule has 1 N–H and O–H groups in total. The number of benzene rings is 1. The maximum Gasteiger partial charge on any atom is 0.305 e.